The second kappa shape index (κ2) is 11.5. The molecule has 2 unspecified atom stereocenters. The fourth-order valence-corrected chi connectivity index (χ4v) is 8.14. The van der Waals surface area contributed by atoms with E-state index in [-0.39, 0.29) is 17.6 Å². The van der Waals surface area contributed by atoms with Gasteiger partial charge in [-0.1, -0.05) is 141 Å². The average molecular weight is 613 g/mol. The lowest BCUT2D eigenvalue weighted by atomic mass is 9.81. The first-order valence-electron chi connectivity index (χ1n) is 16.0. The van der Waals surface area contributed by atoms with Gasteiger partial charge in [0, 0.05) is 15.0 Å². The fourth-order valence-electron chi connectivity index (χ4n) is 7.03. The second-order valence-corrected chi connectivity index (χ2v) is 13.9. The van der Waals surface area contributed by atoms with Crippen LogP contribution < -0.4 is 11.1 Å². The molecule has 0 saturated heterocycles. The predicted molar refractivity (Wildman–Crippen MR) is 197 cm³/mol. The molecule has 6 aromatic carbocycles. The van der Waals surface area contributed by atoms with Crippen molar-refractivity contribution in [2.24, 2.45) is 5.73 Å². The molecule has 0 saturated carbocycles. The third-order valence-electron chi connectivity index (χ3n) is 9.54. The standard InChI is InChI=1S/C43H36N2S/c1-43(2)36-17-10-16-34(41(36)35-25-31-13-6-7-14-32(31)26-37(35)43)29-22-19-28(20-23-29)21-24-38(45-42(44)30-11-4-3-5-12-30)40-27-33-15-8-9-18-39(33)46-40/h3-27,38,42,45H,44H2,1-2H3/b24-21+. The van der Waals surface area contributed by atoms with Crippen LogP contribution >= 0.6 is 11.3 Å². The van der Waals surface area contributed by atoms with Gasteiger partial charge in [-0.05, 0) is 84.9 Å². The van der Waals surface area contributed by atoms with Crippen LogP contribution in [0.4, 0.5) is 0 Å². The monoisotopic (exact) mass is 612 g/mol. The van der Waals surface area contributed by atoms with Gasteiger partial charge in [0.15, 0.2) is 0 Å². The summed E-state index contributed by atoms with van der Waals surface area (Å²) in [6, 6.07) is 50.3. The Bertz CT molecular complexity index is 2190. The topological polar surface area (TPSA) is 38.0 Å². The third kappa shape index (κ3) is 5.07. The molecule has 1 heterocycles. The van der Waals surface area contributed by atoms with Gasteiger partial charge in [0.05, 0.1) is 12.2 Å². The van der Waals surface area contributed by atoms with Gasteiger partial charge in [-0.3, -0.25) is 5.32 Å². The third-order valence-corrected chi connectivity index (χ3v) is 10.7. The highest BCUT2D eigenvalue weighted by atomic mass is 32.1. The maximum atomic E-state index is 6.67. The van der Waals surface area contributed by atoms with Gasteiger partial charge in [-0.15, -0.1) is 11.3 Å². The summed E-state index contributed by atoms with van der Waals surface area (Å²) >= 11 is 1.81. The summed E-state index contributed by atoms with van der Waals surface area (Å²) in [5.41, 5.74) is 16.9. The maximum Gasteiger partial charge on any atom is 0.0817 e. The Morgan fingerprint density at radius 3 is 2.11 bits per heavy atom. The van der Waals surface area contributed by atoms with E-state index in [4.69, 9.17) is 5.73 Å². The Morgan fingerprint density at radius 2 is 1.35 bits per heavy atom. The molecule has 0 amide bonds. The number of nitrogens with one attached hydrogen (secondary N) is 1. The van der Waals surface area contributed by atoms with E-state index in [1.165, 1.54) is 59.1 Å². The van der Waals surface area contributed by atoms with Crippen LogP contribution in [0.5, 0.6) is 0 Å². The van der Waals surface area contributed by atoms with Crippen LogP contribution in [-0.2, 0) is 5.41 Å². The zero-order valence-electron chi connectivity index (χ0n) is 26.1. The smallest absolute Gasteiger partial charge is 0.0817 e. The molecule has 3 N–H and O–H groups in total. The zero-order chi connectivity index (χ0) is 31.3. The number of benzene rings is 6. The molecule has 1 aliphatic carbocycles. The summed E-state index contributed by atoms with van der Waals surface area (Å²) in [7, 11) is 0. The van der Waals surface area contributed by atoms with E-state index in [0.717, 1.165) is 11.1 Å². The SMILES string of the molecule is CC1(C)c2cc3ccccc3cc2-c2c(-c3ccc(/C=C/C(NC(N)c4ccccc4)c4cc5ccccc5s4)cc3)cccc21. The van der Waals surface area contributed by atoms with Crippen molar-refractivity contribution in [3.63, 3.8) is 0 Å². The molecule has 46 heavy (non-hydrogen) atoms. The molecule has 7 aromatic rings. The molecule has 2 atom stereocenters. The zero-order valence-corrected chi connectivity index (χ0v) is 26.9. The number of thiophene rings is 1. The van der Waals surface area contributed by atoms with Gasteiger partial charge in [0.2, 0.25) is 0 Å². The van der Waals surface area contributed by atoms with Crippen molar-refractivity contribution in [2.45, 2.75) is 31.5 Å². The summed E-state index contributed by atoms with van der Waals surface area (Å²) in [4.78, 5) is 1.24. The Kier molecular flexibility index (Phi) is 7.18. The molecule has 0 bridgehead atoms. The van der Waals surface area contributed by atoms with Crippen molar-refractivity contribution in [1.82, 2.24) is 5.32 Å². The van der Waals surface area contributed by atoms with Crippen LogP contribution in [0.2, 0.25) is 0 Å². The summed E-state index contributed by atoms with van der Waals surface area (Å²) in [6.07, 6.45) is 4.17. The van der Waals surface area contributed by atoms with Crippen molar-refractivity contribution in [2.75, 3.05) is 0 Å². The van der Waals surface area contributed by atoms with E-state index >= 15 is 0 Å². The van der Waals surface area contributed by atoms with Gasteiger partial charge in [0.1, 0.15) is 0 Å². The van der Waals surface area contributed by atoms with E-state index < -0.39 is 0 Å². The van der Waals surface area contributed by atoms with Crippen molar-refractivity contribution in [3.05, 3.63) is 173 Å². The first kappa shape index (κ1) is 28.7. The first-order valence-corrected chi connectivity index (χ1v) is 16.8. The Balaban J connectivity index is 1.13. The molecule has 0 aliphatic heterocycles. The molecule has 0 spiro atoms. The molecule has 0 fully saturated rings. The van der Waals surface area contributed by atoms with Crippen LogP contribution in [-0.4, -0.2) is 0 Å². The summed E-state index contributed by atoms with van der Waals surface area (Å²) in [6.45, 7) is 4.71. The van der Waals surface area contributed by atoms with Crippen molar-refractivity contribution in [1.29, 1.82) is 0 Å². The summed E-state index contributed by atoms with van der Waals surface area (Å²) < 4.78 is 1.28. The minimum Gasteiger partial charge on any atom is -0.312 e. The molecule has 1 aliphatic rings. The lowest BCUT2D eigenvalue weighted by Crippen LogP contribution is -2.31. The summed E-state index contributed by atoms with van der Waals surface area (Å²) in [5.74, 6) is 0. The van der Waals surface area contributed by atoms with Gasteiger partial charge >= 0.3 is 0 Å². The second-order valence-electron chi connectivity index (χ2n) is 12.8. The number of hydrogen-bond acceptors (Lipinski definition) is 3. The Hall–Kier alpha value is -4.80. The van der Waals surface area contributed by atoms with Crippen LogP contribution in [0.15, 0.2) is 146 Å². The number of hydrogen-bond donors (Lipinski definition) is 2. The average Bonchev–Trinajstić information content (AvgIpc) is 3.63. The van der Waals surface area contributed by atoms with Gasteiger partial charge in [-0.25, -0.2) is 0 Å². The van der Waals surface area contributed by atoms with Crippen LogP contribution in [0.3, 0.4) is 0 Å². The van der Waals surface area contributed by atoms with Crippen LogP contribution in [0.25, 0.3) is 49.2 Å². The van der Waals surface area contributed by atoms with Crippen LogP contribution in [0.1, 0.15) is 53.2 Å². The molecule has 8 rings (SSSR count). The number of nitrogens with two attached hydrogens (primary N) is 1. The minimum absolute atomic E-state index is 0.0294. The van der Waals surface area contributed by atoms with Gasteiger partial charge < -0.3 is 5.73 Å². The fraction of sp³-hybridized carbons (Fsp3) is 0.116. The molecule has 224 valence electrons. The lowest BCUT2D eigenvalue weighted by molar-refractivity contribution is 0.514. The number of fused-ring (bicyclic) bond motifs is 5. The quantitative estimate of drug-likeness (QED) is 0.176. The van der Waals surface area contributed by atoms with E-state index in [1.54, 1.807) is 0 Å². The maximum absolute atomic E-state index is 6.67. The number of rotatable bonds is 7. The van der Waals surface area contributed by atoms with E-state index in [2.05, 4.69) is 153 Å². The molecule has 2 nitrogen and oxygen atoms in total. The van der Waals surface area contributed by atoms with Gasteiger partial charge in [-0.2, -0.15) is 0 Å². The first-order chi connectivity index (χ1) is 22.5. The normalized spacial score (nSPS) is 14.8. The molecule has 1 aromatic heterocycles. The lowest BCUT2D eigenvalue weighted by Gasteiger charge is -2.22. The largest absolute Gasteiger partial charge is 0.312 e. The van der Waals surface area contributed by atoms with Crippen molar-refractivity contribution in [3.8, 4) is 22.3 Å². The molecule has 3 heteroatoms. The van der Waals surface area contributed by atoms with Crippen LogP contribution in [0, 0.1) is 0 Å². The van der Waals surface area contributed by atoms with E-state index in [0.29, 0.717) is 0 Å². The molecular weight excluding hydrogens is 577 g/mol. The Morgan fingerprint density at radius 1 is 0.652 bits per heavy atom. The predicted octanol–water partition coefficient (Wildman–Crippen LogP) is 11.0. The summed E-state index contributed by atoms with van der Waals surface area (Å²) in [5, 5.41) is 7.52. The highest BCUT2D eigenvalue weighted by Crippen LogP contribution is 2.53. The highest BCUT2D eigenvalue weighted by molar-refractivity contribution is 7.19. The van der Waals surface area contributed by atoms with Crippen molar-refractivity contribution >= 4 is 38.3 Å². The van der Waals surface area contributed by atoms with Gasteiger partial charge in [0.25, 0.3) is 0 Å². The highest BCUT2D eigenvalue weighted by Gasteiger charge is 2.37. The molecule has 0 radical (unpaired) electrons. The van der Waals surface area contributed by atoms with Crippen molar-refractivity contribution < 1.29 is 0 Å². The van der Waals surface area contributed by atoms with E-state index in [9.17, 15) is 0 Å². The minimum atomic E-state index is -0.284. The van der Waals surface area contributed by atoms with E-state index in [1.807, 2.05) is 29.5 Å². The molecular formula is C43H36N2S. The Labute approximate surface area is 274 Å².